The molecule has 0 saturated carbocycles. The number of carboxylic acid groups (broad SMARTS) is 1. The van der Waals surface area contributed by atoms with Crippen molar-refractivity contribution in [2.75, 3.05) is 13.2 Å². The fourth-order valence-corrected chi connectivity index (χ4v) is 3.38. The molecule has 1 fully saturated rings. The average molecular weight is 358 g/mol. The molecule has 0 spiro atoms. The van der Waals surface area contributed by atoms with Gasteiger partial charge in [-0.15, -0.1) is 0 Å². The Hall–Kier alpha value is -1.73. The summed E-state index contributed by atoms with van der Waals surface area (Å²) in [5.74, 6) is -0.265. The number of amides is 2. The Balaban J connectivity index is 2.15. The van der Waals surface area contributed by atoms with Crippen LogP contribution in [0.4, 0.5) is 4.79 Å². The molecular formula is C16H24ClN3O4. The van der Waals surface area contributed by atoms with Gasteiger partial charge < -0.3 is 25.0 Å². The summed E-state index contributed by atoms with van der Waals surface area (Å²) in [5.41, 5.74) is 1.12. The van der Waals surface area contributed by atoms with Crippen LogP contribution in [0.25, 0.3) is 0 Å². The van der Waals surface area contributed by atoms with E-state index >= 15 is 0 Å². The second kappa shape index (κ2) is 7.90. The molecule has 2 amide bonds. The van der Waals surface area contributed by atoms with Gasteiger partial charge in [-0.05, 0) is 32.8 Å². The molecule has 1 aromatic rings. The summed E-state index contributed by atoms with van der Waals surface area (Å²) in [6.07, 6.45) is -0.202. The molecule has 1 saturated heterocycles. The molecule has 8 heteroatoms. The first-order valence-corrected chi connectivity index (χ1v) is 8.53. The normalized spacial score (nSPS) is 24.0. The van der Waals surface area contributed by atoms with E-state index in [0.29, 0.717) is 36.7 Å². The van der Waals surface area contributed by atoms with Crippen molar-refractivity contribution in [2.24, 2.45) is 0 Å². The van der Waals surface area contributed by atoms with Crippen LogP contribution in [0.2, 0.25) is 5.02 Å². The van der Waals surface area contributed by atoms with Gasteiger partial charge in [-0.25, -0.2) is 4.79 Å². The van der Waals surface area contributed by atoms with Crippen LogP contribution in [0.15, 0.2) is 6.07 Å². The Morgan fingerprint density at radius 2 is 2.21 bits per heavy atom. The average Bonchev–Trinajstić information content (AvgIpc) is 2.88. The first-order valence-electron chi connectivity index (χ1n) is 8.16. The maximum atomic E-state index is 12.5. The monoisotopic (exact) mass is 357 g/mol. The highest BCUT2D eigenvalue weighted by atomic mass is 35.5. The molecule has 3 atom stereocenters. The zero-order valence-electron chi connectivity index (χ0n) is 14.1. The van der Waals surface area contributed by atoms with E-state index in [1.54, 1.807) is 13.0 Å². The first-order chi connectivity index (χ1) is 11.4. The van der Waals surface area contributed by atoms with Crippen LogP contribution in [0, 0.1) is 6.92 Å². The fourth-order valence-electron chi connectivity index (χ4n) is 3.22. The van der Waals surface area contributed by atoms with Crippen LogP contribution < -0.4 is 5.32 Å². The minimum Gasteiger partial charge on any atom is -0.465 e. The number of aryl methyl sites for hydroxylation is 1. The highest BCUT2D eigenvalue weighted by molar-refractivity contribution is 6.31. The molecule has 2 heterocycles. The maximum Gasteiger partial charge on any atom is 0.407 e. The van der Waals surface area contributed by atoms with Crippen molar-refractivity contribution in [3.05, 3.63) is 22.5 Å². The molecular weight excluding hydrogens is 334 g/mol. The number of ether oxygens (including phenoxy) is 1. The lowest BCUT2D eigenvalue weighted by atomic mass is 9.92. The highest BCUT2D eigenvalue weighted by Gasteiger charge is 2.40. The zero-order valence-corrected chi connectivity index (χ0v) is 14.9. The number of piperidine rings is 1. The van der Waals surface area contributed by atoms with Gasteiger partial charge in [0.1, 0.15) is 5.69 Å². The molecule has 7 nitrogen and oxygen atoms in total. The third kappa shape index (κ3) is 3.84. The smallest absolute Gasteiger partial charge is 0.407 e. The minimum absolute atomic E-state index is 0.250. The summed E-state index contributed by atoms with van der Waals surface area (Å²) in [6, 6.07) is 1.06. The van der Waals surface area contributed by atoms with Gasteiger partial charge >= 0.3 is 6.09 Å². The molecule has 1 unspecified atom stereocenters. The quantitative estimate of drug-likeness (QED) is 0.755. The predicted molar refractivity (Wildman–Crippen MR) is 90.6 cm³/mol. The van der Waals surface area contributed by atoms with Crippen molar-refractivity contribution in [3.63, 3.8) is 0 Å². The van der Waals surface area contributed by atoms with Crippen molar-refractivity contribution in [1.29, 1.82) is 0 Å². The number of likely N-dealkylation sites (tertiary alicyclic amines) is 1. The standard InChI is InChI=1S/C16H24ClN3O4/c1-4-13-14(24-5-2)11(6-7-20(13)16(22)23)19-15(21)12-8-10(17)9(3)18-12/h8,11,13-14,18H,4-7H2,1-3H3,(H,19,21)(H,22,23)/t11-,13?,14+/m1/s1. The van der Waals surface area contributed by atoms with Gasteiger partial charge in [0.05, 0.1) is 23.2 Å². The van der Waals surface area contributed by atoms with E-state index in [0.717, 1.165) is 5.69 Å². The number of aromatic amines is 1. The summed E-state index contributed by atoms with van der Waals surface area (Å²) in [5, 5.41) is 12.8. The van der Waals surface area contributed by atoms with Crippen LogP contribution in [0.1, 0.15) is 42.9 Å². The second-order valence-corrected chi connectivity index (χ2v) is 6.30. The van der Waals surface area contributed by atoms with E-state index in [9.17, 15) is 14.7 Å². The Kier molecular flexibility index (Phi) is 6.12. The topological polar surface area (TPSA) is 94.7 Å². The number of carbonyl (C=O) groups is 2. The minimum atomic E-state index is -0.955. The number of nitrogens with one attached hydrogen (secondary N) is 2. The highest BCUT2D eigenvalue weighted by Crippen LogP contribution is 2.24. The Labute approximate surface area is 146 Å². The SMILES string of the molecule is CCO[C@@H]1C(CC)N(C(=O)O)CC[C@H]1NC(=O)c1cc(Cl)c(C)[nH]1. The van der Waals surface area contributed by atoms with Gasteiger partial charge in [0, 0.05) is 18.8 Å². The van der Waals surface area contributed by atoms with Crippen molar-refractivity contribution in [3.8, 4) is 0 Å². The van der Waals surface area contributed by atoms with Crippen LogP contribution in [0.3, 0.4) is 0 Å². The summed E-state index contributed by atoms with van der Waals surface area (Å²) in [6.45, 7) is 6.40. The molecule has 0 bridgehead atoms. The van der Waals surface area contributed by atoms with E-state index in [1.807, 2.05) is 13.8 Å². The number of nitrogens with zero attached hydrogens (tertiary/aromatic N) is 1. The van der Waals surface area contributed by atoms with E-state index < -0.39 is 6.09 Å². The van der Waals surface area contributed by atoms with Crippen LogP contribution in [-0.2, 0) is 4.74 Å². The Morgan fingerprint density at radius 3 is 2.71 bits per heavy atom. The van der Waals surface area contributed by atoms with Gasteiger partial charge in [0.2, 0.25) is 0 Å². The summed E-state index contributed by atoms with van der Waals surface area (Å²) < 4.78 is 5.79. The summed E-state index contributed by atoms with van der Waals surface area (Å²) in [7, 11) is 0. The van der Waals surface area contributed by atoms with Crippen LogP contribution >= 0.6 is 11.6 Å². The Bertz CT molecular complexity index is 585. The first kappa shape index (κ1) is 18.6. The van der Waals surface area contributed by atoms with E-state index in [2.05, 4.69) is 10.3 Å². The van der Waals surface area contributed by atoms with Crippen molar-refractivity contribution in [1.82, 2.24) is 15.2 Å². The molecule has 2 rings (SSSR count). The number of halogens is 1. The molecule has 1 aliphatic heterocycles. The summed E-state index contributed by atoms with van der Waals surface area (Å²) in [4.78, 5) is 28.2. The number of hydrogen-bond donors (Lipinski definition) is 3. The maximum absolute atomic E-state index is 12.5. The second-order valence-electron chi connectivity index (χ2n) is 5.90. The fraction of sp³-hybridized carbons (Fsp3) is 0.625. The van der Waals surface area contributed by atoms with E-state index in [-0.39, 0.29) is 24.1 Å². The molecule has 0 aromatic carbocycles. The van der Waals surface area contributed by atoms with Crippen molar-refractivity contribution < 1.29 is 19.4 Å². The third-order valence-electron chi connectivity index (χ3n) is 4.39. The van der Waals surface area contributed by atoms with Gasteiger partial charge in [0.25, 0.3) is 5.91 Å². The van der Waals surface area contributed by atoms with E-state index in [1.165, 1.54) is 4.90 Å². The lowest BCUT2D eigenvalue weighted by molar-refractivity contribution is -0.0497. The summed E-state index contributed by atoms with van der Waals surface area (Å²) >= 11 is 5.99. The number of rotatable bonds is 5. The molecule has 1 aromatic heterocycles. The lowest BCUT2D eigenvalue weighted by Gasteiger charge is -2.43. The number of H-pyrrole nitrogens is 1. The van der Waals surface area contributed by atoms with Crippen molar-refractivity contribution >= 4 is 23.6 Å². The van der Waals surface area contributed by atoms with Crippen LogP contribution in [-0.4, -0.2) is 58.3 Å². The number of aromatic nitrogens is 1. The third-order valence-corrected chi connectivity index (χ3v) is 4.79. The lowest BCUT2D eigenvalue weighted by Crippen LogP contribution is -2.61. The molecule has 1 aliphatic rings. The molecule has 3 N–H and O–H groups in total. The molecule has 24 heavy (non-hydrogen) atoms. The van der Waals surface area contributed by atoms with Gasteiger partial charge in [-0.1, -0.05) is 18.5 Å². The van der Waals surface area contributed by atoms with Gasteiger partial charge in [-0.3, -0.25) is 4.79 Å². The molecule has 0 radical (unpaired) electrons. The van der Waals surface area contributed by atoms with Crippen LogP contribution in [0.5, 0.6) is 0 Å². The molecule has 0 aliphatic carbocycles. The Morgan fingerprint density at radius 1 is 1.50 bits per heavy atom. The van der Waals surface area contributed by atoms with Crippen molar-refractivity contribution in [2.45, 2.75) is 51.8 Å². The number of carbonyl (C=O) groups excluding carboxylic acids is 1. The largest absolute Gasteiger partial charge is 0.465 e. The van der Waals surface area contributed by atoms with Gasteiger partial charge in [-0.2, -0.15) is 0 Å². The van der Waals surface area contributed by atoms with Gasteiger partial charge in [0.15, 0.2) is 0 Å². The zero-order chi connectivity index (χ0) is 17.9. The molecule has 134 valence electrons. The number of hydrogen-bond acceptors (Lipinski definition) is 3. The predicted octanol–water partition coefficient (Wildman–Crippen LogP) is 2.64. The van der Waals surface area contributed by atoms with E-state index in [4.69, 9.17) is 16.3 Å².